The number of hydrogen-bond acceptors (Lipinski definition) is 7. The zero-order chi connectivity index (χ0) is 21.4. The summed E-state index contributed by atoms with van der Waals surface area (Å²) in [6, 6.07) is 4.44. The number of phenols is 3. The van der Waals surface area contributed by atoms with Gasteiger partial charge >= 0.3 is 0 Å². The maximum Gasteiger partial charge on any atom is 0.251 e. The molecule has 8 heteroatoms. The van der Waals surface area contributed by atoms with Crippen LogP contribution in [0.3, 0.4) is 0 Å². The van der Waals surface area contributed by atoms with Crippen LogP contribution in [0.1, 0.15) is 61.5 Å². The molecule has 1 saturated heterocycles. The van der Waals surface area contributed by atoms with Gasteiger partial charge in [-0.2, -0.15) is 0 Å². The summed E-state index contributed by atoms with van der Waals surface area (Å²) in [7, 11) is 0. The largest absolute Gasteiger partial charge is 0.508 e. The highest BCUT2D eigenvalue weighted by molar-refractivity contribution is 6.30. The summed E-state index contributed by atoms with van der Waals surface area (Å²) < 4.78 is 0. The van der Waals surface area contributed by atoms with Gasteiger partial charge in [0.15, 0.2) is 5.78 Å². The molecule has 0 radical (unpaired) electrons. The fourth-order valence-corrected chi connectivity index (χ4v) is 4.09. The molecule has 1 aliphatic carbocycles. The van der Waals surface area contributed by atoms with Crippen LogP contribution in [-0.2, 0) is 0 Å². The van der Waals surface area contributed by atoms with E-state index in [9.17, 15) is 29.7 Å². The molecule has 0 saturated carbocycles. The van der Waals surface area contributed by atoms with E-state index < -0.39 is 29.0 Å². The average molecular weight is 410 g/mol. The molecular weight excluding hydrogens is 388 g/mol. The van der Waals surface area contributed by atoms with E-state index in [4.69, 9.17) is 0 Å². The second-order valence-electron chi connectivity index (χ2n) is 7.62. The topological polar surface area (TPSA) is 127 Å². The molecule has 156 valence electrons. The van der Waals surface area contributed by atoms with E-state index in [0.717, 1.165) is 44.1 Å². The Morgan fingerprint density at radius 3 is 2.20 bits per heavy atom. The Bertz CT molecular complexity index is 1060. The molecule has 1 fully saturated rings. The van der Waals surface area contributed by atoms with Gasteiger partial charge in [-0.1, -0.05) is 6.42 Å². The maximum atomic E-state index is 12.9. The van der Waals surface area contributed by atoms with E-state index in [1.54, 1.807) is 0 Å². The number of aromatic hydroxyl groups is 3. The fraction of sp³-hybridized carbons (Fsp3) is 0.318. The second kappa shape index (κ2) is 7.79. The lowest BCUT2D eigenvalue weighted by molar-refractivity contribution is 0.0943. The van der Waals surface area contributed by atoms with Crippen molar-refractivity contribution in [1.29, 1.82) is 0 Å². The van der Waals surface area contributed by atoms with Crippen molar-refractivity contribution in [2.24, 2.45) is 0 Å². The molecule has 2 aliphatic rings. The Morgan fingerprint density at radius 1 is 0.867 bits per heavy atom. The molecule has 0 aromatic heterocycles. The number of amides is 1. The molecule has 4 N–H and O–H groups in total. The van der Waals surface area contributed by atoms with Gasteiger partial charge in [0, 0.05) is 35.8 Å². The first-order valence-corrected chi connectivity index (χ1v) is 9.89. The molecule has 1 amide bonds. The molecule has 4 rings (SSSR count). The van der Waals surface area contributed by atoms with Crippen molar-refractivity contribution in [3.8, 4) is 17.2 Å². The number of phenolic OH excluding ortho intramolecular Hbond substituents is 3. The molecule has 0 bridgehead atoms. The van der Waals surface area contributed by atoms with E-state index in [1.165, 1.54) is 12.5 Å². The van der Waals surface area contributed by atoms with Crippen LogP contribution < -0.4 is 5.32 Å². The summed E-state index contributed by atoms with van der Waals surface area (Å²) in [6.45, 7) is 3.15. The number of piperidine rings is 1. The van der Waals surface area contributed by atoms with Crippen LogP contribution in [0.2, 0.25) is 0 Å². The SMILES string of the molecule is O=C(NCCN1CCCCC1)c1cc(O)c2c(c1)C(=O)c1cc(O)cc(O)c1C2=O. The summed E-state index contributed by atoms with van der Waals surface area (Å²) in [5, 5.41) is 32.8. The highest BCUT2D eigenvalue weighted by Crippen LogP contribution is 2.39. The van der Waals surface area contributed by atoms with Crippen LogP contribution >= 0.6 is 0 Å². The Balaban J connectivity index is 1.58. The standard InChI is InChI=1S/C22H22N2O6/c25-13-10-15-19(17(27)11-13)21(29)18-14(20(15)28)8-12(9-16(18)26)22(30)23-4-7-24-5-2-1-3-6-24/h8-11,25-27H,1-7H2,(H,23,30). The molecule has 0 unspecified atom stereocenters. The number of benzene rings is 2. The first kappa shape index (κ1) is 19.9. The van der Waals surface area contributed by atoms with Gasteiger partial charge in [-0.15, -0.1) is 0 Å². The Labute approximate surface area is 172 Å². The van der Waals surface area contributed by atoms with E-state index in [-0.39, 0.29) is 33.6 Å². The normalized spacial score (nSPS) is 16.1. The van der Waals surface area contributed by atoms with Gasteiger partial charge in [0.1, 0.15) is 17.2 Å². The van der Waals surface area contributed by atoms with Crippen molar-refractivity contribution in [3.63, 3.8) is 0 Å². The van der Waals surface area contributed by atoms with Gasteiger partial charge in [-0.25, -0.2) is 0 Å². The number of ketones is 2. The average Bonchev–Trinajstić information content (AvgIpc) is 2.71. The van der Waals surface area contributed by atoms with E-state index in [0.29, 0.717) is 13.1 Å². The quantitative estimate of drug-likeness (QED) is 0.516. The zero-order valence-electron chi connectivity index (χ0n) is 16.3. The smallest absolute Gasteiger partial charge is 0.251 e. The van der Waals surface area contributed by atoms with Crippen LogP contribution in [0.15, 0.2) is 24.3 Å². The van der Waals surface area contributed by atoms with Gasteiger partial charge < -0.3 is 25.5 Å². The predicted molar refractivity (Wildman–Crippen MR) is 107 cm³/mol. The summed E-state index contributed by atoms with van der Waals surface area (Å²) >= 11 is 0. The number of fused-ring (bicyclic) bond motifs is 2. The molecule has 1 aliphatic heterocycles. The van der Waals surface area contributed by atoms with Crippen molar-refractivity contribution in [2.75, 3.05) is 26.2 Å². The van der Waals surface area contributed by atoms with Crippen molar-refractivity contribution in [1.82, 2.24) is 10.2 Å². The number of carbonyl (C=O) groups excluding carboxylic acids is 3. The molecule has 30 heavy (non-hydrogen) atoms. The molecular formula is C22H22N2O6. The lowest BCUT2D eigenvalue weighted by Gasteiger charge is -2.26. The van der Waals surface area contributed by atoms with Gasteiger partial charge in [0.2, 0.25) is 5.78 Å². The maximum absolute atomic E-state index is 12.9. The third-order valence-corrected chi connectivity index (χ3v) is 5.59. The molecule has 2 aromatic carbocycles. The first-order valence-electron chi connectivity index (χ1n) is 9.89. The number of likely N-dealkylation sites (tertiary alicyclic amines) is 1. The molecule has 1 heterocycles. The molecule has 0 atom stereocenters. The van der Waals surface area contributed by atoms with Gasteiger partial charge in [-0.3, -0.25) is 14.4 Å². The van der Waals surface area contributed by atoms with E-state index in [1.807, 2.05) is 0 Å². The summed E-state index contributed by atoms with van der Waals surface area (Å²) in [4.78, 5) is 40.5. The highest BCUT2D eigenvalue weighted by Gasteiger charge is 2.35. The minimum Gasteiger partial charge on any atom is -0.508 e. The number of nitrogens with one attached hydrogen (secondary N) is 1. The van der Waals surface area contributed by atoms with Crippen molar-refractivity contribution in [3.05, 3.63) is 52.1 Å². The predicted octanol–water partition coefficient (Wildman–Crippen LogP) is 1.79. The fourth-order valence-electron chi connectivity index (χ4n) is 4.09. The van der Waals surface area contributed by atoms with Crippen LogP contribution in [0.4, 0.5) is 0 Å². The molecule has 8 nitrogen and oxygen atoms in total. The number of nitrogens with zero attached hydrogens (tertiary/aromatic N) is 1. The minimum atomic E-state index is -0.744. The first-order chi connectivity index (χ1) is 14.4. The van der Waals surface area contributed by atoms with Gasteiger partial charge in [-0.05, 0) is 44.1 Å². The lowest BCUT2D eigenvalue weighted by Crippen LogP contribution is -2.37. The number of carbonyl (C=O) groups is 3. The van der Waals surface area contributed by atoms with Gasteiger partial charge in [0.05, 0.1) is 11.1 Å². The van der Waals surface area contributed by atoms with Crippen LogP contribution in [0.5, 0.6) is 17.2 Å². The van der Waals surface area contributed by atoms with Crippen molar-refractivity contribution < 1.29 is 29.7 Å². The summed E-state index contributed by atoms with van der Waals surface area (Å²) in [5.74, 6) is -3.30. The van der Waals surface area contributed by atoms with Crippen LogP contribution in [0, 0.1) is 0 Å². The lowest BCUT2D eigenvalue weighted by atomic mass is 9.82. The minimum absolute atomic E-state index is 0.0545. The summed E-state index contributed by atoms with van der Waals surface area (Å²) in [6.07, 6.45) is 3.52. The summed E-state index contributed by atoms with van der Waals surface area (Å²) in [5.41, 5.74) is -0.803. The third kappa shape index (κ3) is 3.50. The molecule has 2 aromatic rings. The third-order valence-electron chi connectivity index (χ3n) is 5.59. The van der Waals surface area contributed by atoms with Crippen molar-refractivity contribution >= 4 is 17.5 Å². The zero-order valence-corrected chi connectivity index (χ0v) is 16.3. The van der Waals surface area contributed by atoms with E-state index >= 15 is 0 Å². The highest BCUT2D eigenvalue weighted by atomic mass is 16.3. The number of rotatable bonds is 4. The molecule has 0 spiro atoms. The van der Waals surface area contributed by atoms with Crippen molar-refractivity contribution in [2.45, 2.75) is 19.3 Å². The van der Waals surface area contributed by atoms with E-state index in [2.05, 4.69) is 10.2 Å². The van der Waals surface area contributed by atoms with Crippen LogP contribution in [-0.4, -0.2) is 63.9 Å². The monoisotopic (exact) mass is 410 g/mol. The Morgan fingerprint density at radius 2 is 1.50 bits per heavy atom. The van der Waals surface area contributed by atoms with Gasteiger partial charge in [0.25, 0.3) is 5.91 Å². The Kier molecular flexibility index (Phi) is 5.17. The second-order valence-corrected chi connectivity index (χ2v) is 7.62. The van der Waals surface area contributed by atoms with Crippen LogP contribution in [0.25, 0.3) is 0 Å². The Hall–Kier alpha value is -3.39. The number of hydrogen-bond donors (Lipinski definition) is 4.